The lowest BCUT2D eigenvalue weighted by Crippen LogP contribution is -2.02. The molecule has 0 fully saturated rings. The summed E-state index contributed by atoms with van der Waals surface area (Å²) in [6.45, 7) is 0. The van der Waals surface area contributed by atoms with Crippen LogP contribution in [-0.4, -0.2) is 24.3 Å². The molecular weight excluding hydrogens is 247 g/mol. The van der Waals surface area contributed by atoms with Gasteiger partial charge < -0.3 is 4.74 Å². The zero-order valence-corrected chi connectivity index (χ0v) is 10.2. The lowest BCUT2D eigenvalue weighted by Gasteiger charge is -1.98. The lowest BCUT2D eigenvalue weighted by molar-refractivity contribution is 0.0594. The van der Waals surface area contributed by atoms with E-state index in [-0.39, 0.29) is 11.5 Å². The third-order valence-corrected chi connectivity index (χ3v) is 2.35. The molecule has 1 aromatic heterocycles. The normalized spacial score (nSPS) is 10.6. The number of hydrogen-bond donors (Lipinski definition) is 0. The molecule has 0 unspecified atom stereocenters. The maximum Gasteiger partial charge on any atom is 0.356 e. The van der Waals surface area contributed by atoms with Crippen LogP contribution in [0.15, 0.2) is 47.6 Å². The van der Waals surface area contributed by atoms with Gasteiger partial charge in [-0.15, -0.1) is 0 Å². The predicted octanol–water partition coefficient (Wildman–Crippen LogP) is 2.76. The Morgan fingerprint density at radius 1 is 1.37 bits per heavy atom. The molecule has 0 saturated heterocycles. The van der Waals surface area contributed by atoms with E-state index in [2.05, 4.69) is 14.7 Å². The summed E-state index contributed by atoms with van der Waals surface area (Å²) in [6, 6.07) is 9.24. The Bertz CT molecular complexity index is 609. The standard InChI is InChI=1S/C14H11FN2O2/c1-19-14(18)13-6-5-12(9-17-13)16-8-10-3-2-4-11(15)7-10/h2-9H,1H3. The highest BCUT2D eigenvalue weighted by Crippen LogP contribution is 2.11. The number of aliphatic imine (C=N–C) groups is 1. The number of hydrogen-bond acceptors (Lipinski definition) is 4. The summed E-state index contributed by atoms with van der Waals surface area (Å²) in [5, 5.41) is 0. The van der Waals surface area contributed by atoms with E-state index in [1.807, 2.05) is 0 Å². The molecule has 0 aliphatic carbocycles. The molecule has 0 aliphatic rings. The Balaban J connectivity index is 2.13. The number of pyridine rings is 1. The van der Waals surface area contributed by atoms with Crippen LogP contribution in [0.3, 0.4) is 0 Å². The third-order valence-electron chi connectivity index (χ3n) is 2.35. The highest BCUT2D eigenvalue weighted by molar-refractivity contribution is 5.87. The largest absolute Gasteiger partial charge is 0.464 e. The molecule has 0 aliphatic heterocycles. The zero-order chi connectivity index (χ0) is 13.7. The predicted molar refractivity (Wildman–Crippen MR) is 69.2 cm³/mol. The van der Waals surface area contributed by atoms with Gasteiger partial charge in [0.05, 0.1) is 19.0 Å². The number of esters is 1. The molecule has 96 valence electrons. The first-order chi connectivity index (χ1) is 9.19. The molecule has 0 radical (unpaired) electrons. The summed E-state index contributed by atoms with van der Waals surface area (Å²) in [4.78, 5) is 19.2. The van der Waals surface area contributed by atoms with Gasteiger partial charge in [-0.3, -0.25) is 4.99 Å². The fourth-order valence-electron chi connectivity index (χ4n) is 1.42. The Hall–Kier alpha value is -2.56. The molecule has 2 aromatic rings. The average molecular weight is 258 g/mol. The smallest absolute Gasteiger partial charge is 0.356 e. The van der Waals surface area contributed by atoms with Crippen LogP contribution in [0.1, 0.15) is 16.1 Å². The Morgan fingerprint density at radius 2 is 2.21 bits per heavy atom. The molecule has 0 N–H and O–H groups in total. The lowest BCUT2D eigenvalue weighted by atomic mass is 10.2. The summed E-state index contributed by atoms with van der Waals surface area (Å²) >= 11 is 0. The number of carbonyl (C=O) groups is 1. The quantitative estimate of drug-likeness (QED) is 0.628. The van der Waals surface area contributed by atoms with E-state index in [0.29, 0.717) is 11.3 Å². The number of methoxy groups -OCH3 is 1. The van der Waals surface area contributed by atoms with Crippen LogP contribution in [0.4, 0.5) is 10.1 Å². The second-order valence-corrected chi connectivity index (χ2v) is 3.71. The second-order valence-electron chi connectivity index (χ2n) is 3.71. The number of nitrogens with zero attached hydrogens (tertiary/aromatic N) is 2. The van der Waals surface area contributed by atoms with Gasteiger partial charge in [-0.1, -0.05) is 12.1 Å². The molecule has 0 amide bonds. The molecular formula is C14H11FN2O2. The van der Waals surface area contributed by atoms with Gasteiger partial charge in [0.25, 0.3) is 0 Å². The number of rotatable bonds is 3. The van der Waals surface area contributed by atoms with Crippen molar-refractivity contribution >= 4 is 17.9 Å². The monoisotopic (exact) mass is 258 g/mol. The first-order valence-corrected chi connectivity index (χ1v) is 5.53. The molecule has 1 aromatic carbocycles. The van der Waals surface area contributed by atoms with Crippen molar-refractivity contribution in [3.8, 4) is 0 Å². The fourth-order valence-corrected chi connectivity index (χ4v) is 1.42. The maximum absolute atomic E-state index is 12.9. The SMILES string of the molecule is COC(=O)c1ccc(N=Cc2cccc(F)c2)cn1. The summed E-state index contributed by atoms with van der Waals surface area (Å²) in [5.74, 6) is -0.816. The van der Waals surface area contributed by atoms with Gasteiger partial charge in [-0.2, -0.15) is 0 Å². The molecule has 5 heteroatoms. The minimum Gasteiger partial charge on any atom is -0.464 e. The fraction of sp³-hybridized carbons (Fsp3) is 0.0714. The Labute approximate surface area is 109 Å². The summed E-state index contributed by atoms with van der Waals surface area (Å²) < 4.78 is 17.5. The molecule has 19 heavy (non-hydrogen) atoms. The number of ether oxygens (including phenoxy) is 1. The van der Waals surface area contributed by atoms with Gasteiger partial charge in [0.2, 0.25) is 0 Å². The first kappa shape index (κ1) is 12.9. The zero-order valence-electron chi connectivity index (χ0n) is 10.2. The molecule has 4 nitrogen and oxygen atoms in total. The van der Waals surface area contributed by atoms with Crippen molar-refractivity contribution in [3.63, 3.8) is 0 Å². The second kappa shape index (κ2) is 5.86. The van der Waals surface area contributed by atoms with Crippen molar-refractivity contribution in [1.82, 2.24) is 4.98 Å². The van der Waals surface area contributed by atoms with Crippen molar-refractivity contribution in [2.45, 2.75) is 0 Å². The molecule has 0 bridgehead atoms. The number of halogens is 1. The molecule has 2 rings (SSSR count). The van der Waals surface area contributed by atoms with Crippen molar-refractivity contribution in [2.75, 3.05) is 7.11 Å². The summed E-state index contributed by atoms with van der Waals surface area (Å²) in [6.07, 6.45) is 2.97. The molecule has 0 saturated carbocycles. The van der Waals surface area contributed by atoms with E-state index in [1.54, 1.807) is 18.2 Å². The minimum absolute atomic E-state index is 0.215. The van der Waals surface area contributed by atoms with Crippen LogP contribution < -0.4 is 0 Å². The van der Waals surface area contributed by atoms with Gasteiger partial charge in [-0.05, 0) is 29.8 Å². The first-order valence-electron chi connectivity index (χ1n) is 5.53. The molecule has 1 heterocycles. The van der Waals surface area contributed by atoms with Crippen molar-refractivity contribution in [1.29, 1.82) is 0 Å². The van der Waals surface area contributed by atoms with E-state index in [0.717, 1.165) is 0 Å². The van der Waals surface area contributed by atoms with E-state index < -0.39 is 5.97 Å². The van der Waals surface area contributed by atoms with Gasteiger partial charge >= 0.3 is 5.97 Å². The third kappa shape index (κ3) is 3.45. The topological polar surface area (TPSA) is 51.5 Å². The number of benzene rings is 1. The van der Waals surface area contributed by atoms with Crippen LogP contribution >= 0.6 is 0 Å². The maximum atomic E-state index is 12.9. The molecule has 0 spiro atoms. The summed E-state index contributed by atoms with van der Waals surface area (Å²) in [5.41, 5.74) is 1.43. The van der Waals surface area contributed by atoms with E-state index >= 15 is 0 Å². The van der Waals surface area contributed by atoms with Gasteiger partial charge in [0.15, 0.2) is 0 Å². The van der Waals surface area contributed by atoms with E-state index in [4.69, 9.17) is 0 Å². The van der Waals surface area contributed by atoms with Crippen LogP contribution in [0.25, 0.3) is 0 Å². The van der Waals surface area contributed by atoms with Gasteiger partial charge in [-0.25, -0.2) is 14.2 Å². The summed E-state index contributed by atoms with van der Waals surface area (Å²) in [7, 11) is 1.29. The van der Waals surface area contributed by atoms with Crippen LogP contribution in [0, 0.1) is 5.82 Å². The van der Waals surface area contributed by atoms with Crippen LogP contribution in [0.2, 0.25) is 0 Å². The number of aromatic nitrogens is 1. The highest BCUT2D eigenvalue weighted by Gasteiger charge is 2.05. The van der Waals surface area contributed by atoms with Crippen molar-refractivity contribution in [2.24, 2.45) is 4.99 Å². The van der Waals surface area contributed by atoms with Crippen LogP contribution in [0.5, 0.6) is 0 Å². The average Bonchev–Trinajstić information content (AvgIpc) is 2.45. The number of carbonyl (C=O) groups excluding carboxylic acids is 1. The minimum atomic E-state index is -0.499. The van der Waals surface area contributed by atoms with Gasteiger partial charge in [0, 0.05) is 6.21 Å². The van der Waals surface area contributed by atoms with Crippen molar-refractivity contribution < 1.29 is 13.9 Å². The van der Waals surface area contributed by atoms with E-state index in [9.17, 15) is 9.18 Å². The van der Waals surface area contributed by atoms with E-state index in [1.165, 1.54) is 37.7 Å². The Morgan fingerprint density at radius 3 is 2.84 bits per heavy atom. The van der Waals surface area contributed by atoms with Crippen LogP contribution in [-0.2, 0) is 4.74 Å². The Kier molecular flexibility index (Phi) is 3.97. The highest BCUT2D eigenvalue weighted by atomic mass is 19.1. The van der Waals surface area contributed by atoms with Crippen molar-refractivity contribution in [3.05, 3.63) is 59.7 Å². The molecule has 0 atom stereocenters. The van der Waals surface area contributed by atoms with Gasteiger partial charge in [0.1, 0.15) is 11.5 Å².